The van der Waals surface area contributed by atoms with Crippen molar-refractivity contribution in [3.63, 3.8) is 0 Å². The first-order valence-electron chi connectivity index (χ1n) is 33.5. The Morgan fingerprint density at radius 1 is 0.184 bits per heavy atom. The Morgan fingerprint density at radius 3 is 0.765 bits per heavy atom. The van der Waals surface area contributed by atoms with Crippen LogP contribution in [0.15, 0.2) is 376 Å². The van der Waals surface area contributed by atoms with Crippen molar-refractivity contribution in [2.45, 2.75) is 13.8 Å². The van der Waals surface area contributed by atoms with E-state index in [1.165, 1.54) is 32.7 Å². The van der Waals surface area contributed by atoms with Crippen LogP contribution >= 0.6 is 0 Å². The second-order valence-corrected chi connectivity index (χ2v) is 25.3. The Morgan fingerprint density at radius 2 is 0.449 bits per heavy atom. The fraction of sp³-hybridized carbons (Fsp3) is 0.0217. The number of anilines is 12. The number of para-hydroxylation sites is 4. The summed E-state index contributed by atoms with van der Waals surface area (Å²) in [5.41, 5.74) is 24.3. The molecule has 0 aliphatic carbocycles. The minimum Gasteiger partial charge on any atom is -0.311 e. The summed E-state index contributed by atoms with van der Waals surface area (Å²) in [6.07, 6.45) is 0. The van der Waals surface area contributed by atoms with Crippen molar-refractivity contribution in [1.82, 2.24) is 9.13 Å². The van der Waals surface area contributed by atoms with Gasteiger partial charge in [0.2, 0.25) is 0 Å². The predicted octanol–water partition coefficient (Wildman–Crippen LogP) is 25.7. The van der Waals surface area contributed by atoms with E-state index in [4.69, 9.17) is 0 Å². The van der Waals surface area contributed by atoms with Gasteiger partial charge in [-0.1, -0.05) is 181 Å². The number of hydrogen-bond acceptors (Lipinski definition) is 4. The van der Waals surface area contributed by atoms with E-state index in [9.17, 15) is 0 Å². The number of benzene rings is 15. The highest BCUT2D eigenvalue weighted by Crippen LogP contribution is 2.45. The van der Waals surface area contributed by atoms with E-state index >= 15 is 0 Å². The van der Waals surface area contributed by atoms with Crippen molar-refractivity contribution in [1.29, 1.82) is 0 Å². The molecule has 98 heavy (non-hydrogen) atoms. The lowest BCUT2D eigenvalue weighted by Crippen LogP contribution is -2.12. The second-order valence-electron chi connectivity index (χ2n) is 25.3. The van der Waals surface area contributed by atoms with Crippen molar-refractivity contribution >= 4 is 112 Å². The molecule has 466 valence electrons. The summed E-state index contributed by atoms with van der Waals surface area (Å²) in [5, 5.41) is 7.06. The van der Waals surface area contributed by atoms with E-state index in [-0.39, 0.29) is 0 Å². The summed E-state index contributed by atoms with van der Waals surface area (Å²) >= 11 is 0. The van der Waals surface area contributed by atoms with Crippen LogP contribution in [0.25, 0.3) is 77.2 Å². The van der Waals surface area contributed by atoms with Gasteiger partial charge < -0.3 is 28.7 Å². The van der Waals surface area contributed by atoms with E-state index in [0.29, 0.717) is 0 Å². The van der Waals surface area contributed by atoms with Gasteiger partial charge in [-0.05, 0) is 253 Å². The number of fused-ring (bicyclic) bond motifs is 4. The molecule has 0 unspecified atom stereocenters. The van der Waals surface area contributed by atoms with E-state index in [1.54, 1.807) is 0 Å². The van der Waals surface area contributed by atoms with Crippen LogP contribution in [0.3, 0.4) is 0 Å². The summed E-state index contributed by atoms with van der Waals surface area (Å²) in [7, 11) is 0. The molecule has 0 atom stereocenters. The number of nitrogens with zero attached hydrogens (tertiary/aromatic N) is 6. The number of aryl methyl sites for hydroxylation is 2. The molecule has 0 bridgehead atoms. The van der Waals surface area contributed by atoms with Crippen LogP contribution in [-0.4, -0.2) is 9.13 Å². The Balaban J connectivity index is 0.776. The largest absolute Gasteiger partial charge is 0.311 e. The zero-order chi connectivity index (χ0) is 65.5. The maximum atomic E-state index is 2.46. The zero-order valence-electron chi connectivity index (χ0n) is 54.5. The summed E-state index contributed by atoms with van der Waals surface area (Å²) in [6, 6.07) is 137. The van der Waals surface area contributed by atoms with E-state index in [2.05, 4.69) is 419 Å². The van der Waals surface area contributed by atoms with E-state index in [0.717, 1.165) is 124 Å². The summed E-state index contributed by atoms with van der Waals surface area (Å²) < 4.78 is 4.91. The molecular formula is C92H68N6. The van der Waals surface area contributed by atoms with Crippen molar-refractivity contribution in [2.75, 3.05) is 19.6 Å². The minimum atomic E-state index is 1.05. The molecule has 0 radical (unpaired) electrons. The van der Waals surface area contributed by atoms with Gasteiger partial charge >= 0.3 is 0 Å². The highest BCUT2D eigenvalue weighted by atomic mass is 15.2. The van der Waals surface area contributed by atoms with Gasteiger partial charge in [0.25, 0.3) is 0 Å². The quantitative estimate of drug-likeness (QED) is 0.0962. The molecule has 0 fully saturated rings. The zero-order valence-corrected chi connectivity index (χ0v) is 54.5. The molecule has 0 aliphatic rings. The molecule has 2 heterocycles. The fourth-order valence-electron chi connectivity index (χ4n) is 14.2. The van der Waals surface area contributed by atoms with E-state index in [1.807, 2.05) is 0 Å². The summed E-state index contributed by atoms with van der Waals surface area (Å²) in [5.74, 6) is 0. The highest BCUT2D eigenvalue weighted by Gasteiger charge is 2.23. The normalized spacial score (nSPS) is 11.4. The van der Waals surface area contributed by atoms with Crippen LogP contribution in [-0.2, 0) is 0 Å². The molecular weight excluding hydrogens is 1190 g/mol. The molecule has 17 rings (SSSR count). The van der Waals surface area contributed by atoms with Crippen molar-refractivity contribution < 1.29 is 0 Å². The maximum absolute atomic E-state index is 2.46. The van der Waals surface area contributed by atoms with Gasteiger partial charge in [0.1, 0.15) is 0 Å². The summed E-state index contributed by atoms with van der Waals surface area (Å²) in [4.78, 5) is 9.37. The van der Waals surface area contributed by atoms with Gasteiger partial charge in [0, 0.05) is 90.4 Å². The fourth-order valence-corrected chi connectivity index (χ4v) is 14.2. The topological polar surface area (TPSA) is 22.8 Å². The Bertz CT molecular complexity index is 5250. The van der Waals surface area contributed by atoms with Crippen LogP contribution in [0.1, 0.15) is 11.1 Å². The average Bonchev–Trinajstić information content (AvgIpc) is 1.57. The average molecular weight is 1260 g/mol. The molecule has 6 heteroatoms. The van der Waals surface area contributed by atoms with Gasteiger partial charge in [-0.2, -0.15) is 0 Å². The third kappa shape index (κ3) is 11.3. The lowest BCUT2D eigenvalue weighted by Gasteiger charge is -2.28. The lowest BCUT2D eigenvalue weighted by atomic mass is 10.1. The molecule has 15 aromatic carbocycles. The molecule has 0 saturated heterocycles. The Kier molecular flexibility index (Phi) is 15.3. The third-order valence-electron chi connectivity index (χ3n) is 18.9. The predicted molar refractivity (Wildman–Crippen MR) is 414 cm³/mol. The maximum Gasteiger partial charge on any atom is 0.0542 e. The van der Waals surface area contributed by atoms with Gasteiger partial charge in [0.05, 0.1) is 22.4 Å². The second kappa shape index (κ2) is 25.4. The van der Waals surface area contributed by atoms with Crippen LogP contribution in [0.4, 0.5) is 68.2 Å². The van der Waals surface area contributed by atoms with Gasteiger partial charge in [-0.25, -0.2) is 0 Å². The number of aromatic nitrogens is 2. The standard InChI is InChI=1S/C92H68N6/c1-65-21-19-27-71(57-65)89-61-73-63-92-74(64-91(73)97(89)85-53-49-83(50-54-85)95(87-39-37-67-23-15-17-25-69(67)59-87)81-45-41-79(42-46-81)93(75-29-7-3-8-30-75)76-31-9-4-10-32-76)62-90(72-28-20-22-66(2)58-72)98(92)86-55-51-84(52-56-86)96(88-40-38-68-24-16-18-26-70(68)60-88)82-47-43-80(44-48-82)94(77-33-11-5-12-34-77)78-35-13-6-14-36-78/h3-64H,1-2H3. The Labute approximate surface area is 571 Å². The van der Waals surface area contributed by atoms with Crippen LogP contribution in [0.5, 0.6) is 0 Å². The first kappa shape index (κ1) is 58.9. The molecule has 0 spiro atoms. The first-order valence-corrected chi connectivity index (χ1v) is 33.5. The van der Waals surface area contributed by atoms with Crippen LogP contribution in [0.2, 0.25) is 0 Å². The van der Waals surface area contributed by atoms with E-state index < -0.39 is 0 Å². The molecule has 0 N–H and O–H groups in total. The first-order chi connectivity index (χ1) is 48.4. The van der Waals surface area contributed by atoms with Crippen LogP contribution in [0, 0.1) is 13.8 Å². The van der Waals surface area contributed by atoms with Crippen LogP contribution < -0.4 is 19.6 Å². The minimum absolute atomic E-state index is 1.05. The van der Waals surface area contributed by atoms with Gasteiger partial charge in [-0.15, -0.1) is 0 Å². The van der Waals surface area contributed by atoms with Gasteiger partial charge in [0.15, 0.2) is 0 Å². The van der Waals surface area contributed by atoms with Crippen molar-refractivity contribution in [3.05, 3.63) is 387 Å². The smallest absolute Gasteiger partial charge is 0.0542 e. The third-order valence-corrected chi connectivity index (χ3v) is 18.9. The SMILES string of the molecule is Cc1cccc(-c2cc3cc4c(cc(-c5cccc(C)c5)n4-c4ccc(N(c5ccc(N(c6ccccc6)c6ccccc6)cc5)c5ccc6ccccc6c5)cc4)cc3n2-c2ccc(N(c3ccc(N(c4ccccc4)c4ccccc4)cc3)c3ccc4ccccc4c3)cc2)c1. The molecule has 2 aromatic heterocycles. The molecule has 0 aliphatic heterocycles. The lowest BCUT2D eigenvalue weighted by molar-refractivity contribution is 1.13. The Hall–Kier alpha value is -12.9. The van der Waals surface area contributed by atoms with Crippen molar-refractivity contribution in [2.24, 2.45) is 0 Å². The summed E-state index contributed by atoms with van der Waals surface area (Å²) in [6.45, 7) is 4.36. The monoisotopic (exact) mass is 1260 g/mol. The molecule has 6 nitrogen and oxygen atoms in total. The number of rotatable bonds is 16. The molecule has 0 saturated carbocycles. The van der Waals surface area contributed by atoms with Gasteiger partial charge in [-0.3, -0.25) is 0 Å². The number of hydrogen-bond donors (Lipinski definition) is 0. The molecule has 17 aromatic rings. The van der Waals surface area contributed by atoms with Crippen molar-refractivity contribution in [3.8, 4) is 33.9 Å². The highest BCUT2D eigenvalue weighted by molar-refractivity contribution is 6.03. The molecule has 0 amide bonds.